The van der Waals surface area contributed by atoms with E-state index in [4.69, 9.17) is 11.5 Å². The second-order valence-corrected chi connectivity index (χ2v) is 5.59. The highest BCUT2D eigenvalue weighted by Gasteiger charge is 2.08. The van der Waals surface area contributed by atoms with Gasteiger partial charge in [-0.1, -0.05) is 0 Å². The van der Waals surface area contributed by atoms with Gasteiger partial charge >= 0.3 is 0 Å². The van der Waals surface area contributed by atoms with Gasteiger partial charge in [-0.3, -0.25) is 4.79 Å². The number of carbonyl (C=O) groups is 1. The highest BCUT2D eigenvalue weighted by Crippen LogP contribution is 2.28. The highest BCUT2D eigenvalue weighted by atomic mass is 32.1. The first-order valence-electron chi connectivity index (χ1n) is 6.12. The summed E-state index contributed by atoms with van der Waals surface area (Å²) in [7, 11) is 0. The predicted molar refractivity (Wildman–Crippen MR) is 78.1 cm³/mol. The number of nitrogens with zero attached hydrogens (tertiary/aromatic N) is 2. The SMILES string of the molecule is Cc1cc2c(NCCCCC(N)=O)nc(N)nc2s1. The first-order valence-corrected chi connectivity index (χ1v) is 6.94. The third-order valence-corrected chi connectivity index (χ3v) is 3.62. The van der Waals surface area contributed by atoms with Crippen LogP contribution < -0.4 is 16.8 Å². The van der Waals surface area contributed by atoms with Crippen molar-refractivity contribution in [2.24, 2.45) is 5.73 Å². The van der Waals surface area contributed by atoms with Crippen molar-refractivity contribution in [3.05, 3.63) is 10.9 Å². The Kier molecular flexibility index (Phi) is 4.16. The molecule has 6 nitrogen and oxygen atoms in total. The third-order valence-electron chi connectivity index (χ3n) is 2.68. The quantitative estimate of drug-likeness (QED) is 0.697. The van der Waals surface area contributed by atoms with Crippen LogP contribution in [0.1, 0.15) is 24.1 Å². The topological polar surface area (TPSA) is 107 Å². The Balaban J connectivity index is 2.01. The smallest absolute Gasteiger partial charge is 0.223 e. The lowest BCUT2D eigenvalue weighted by molar-refractivity contribution is -0.118. The minimum absolute atomic E-state index is 0.262. The van der Waals surface area contributed by atoms with Gasteiger partial charge in [0.05, 0.1) is 5.39 Å². The largest absolute Gasteiger partial charge is 0.370 e. The number of nitrogen functional groups attached to an aromatic ring is 1. The van der Waals surface area contributed by atoms with Gasteiger partial charge in [0.25, 0.3) is 0 Å². The summed E-state index contributed by atoms with van der Waals surface area (Å²) < 4.78 is 0. The summed E-state index contributed by atoms with van der Waals surface area (Å²) in [5.74, 6) is 0.766. The molecule has 2 heterocycles. The maximum absolute atomic E-state index is 10.6. The molecular formula is C12H17N5OS. The molecule has 0 unspecified atom stereocenters. The van der Waals surface area contributed by atoms with Gasteiger partial charge in [-0.05, 0) is 25.8 Å². The zero-order chi connectivity index (χ0) is 13.8. The average Bonchev–Trinajstić information content (AvgIpc) is 2.68. The number of aromatic nitrogens is 2. The molecular weight excluding hydrogens is 262 g/mol. The maximum atomic E-state index is 10.6. The Morgan fingerprint density at radius 1 is 1.42 bits per heavy atom. The molecule has 0 radical (unpaired) electrons. The number of aryl methyl sites for hydroxylation is 1. The van der Waals surface area contributed by atoms with E-state index in [0.29, 0.717) is 6.42 Å². The molecule has 2 aromatic rings. The van der Waals surface area contributed by atoms with Crippen molar-refractivity contribution >= 4 is 39.2 Å². The van der Waals surface area contributed by atoms with Crippen LogP contribution in [0, 0.1) is 6.92 Å². The van der Waals surface area contributed by atoms with Crippen LogP contribution in [0.2, 0.25) is 0 Å². The fourth-order valence-corrected chi connectivity index (χ4v) is 2.71. The van der Waals surface area contributed by atoms with Crippen molar-refractivity contribution in [2.45, 2.75) is 26.2 Å². The normalized spacial score (nSPS) is 10.8. The van der Waals surface area contributed by atoms with Crippen molar-refractivity contribution in [1.82, 2.24) is 9.97 Å². The number of rotatable bonds is 6. The molecule has 1 amide bonds. The van der Waals surface area contributed by atoms with Crippen LogP contribution in [0.15, 0.2) is 6.07 Å². The number of nitrogens with two attached hydrogens (primary N) is 2. The van der Waals surface area contributed by atoms with E-state index in [-0.39, 0.29) is 11.9 Å². The molecule has 2 rings (SSSR count). The second-order valence-electron chi connectivity index (χ2n) is 4.36. The second kappa shape index (κ2) is 5.83. The number of amides is 1. The number of fused-ring (bicyclic) bond motifs is 1. The molecule has 0 aliphatic heterocycles. The number of unbranched alkanes of at least 4 members (excludes halogenated alkanes) is 1. The zero-order valence-corrected chi connectivity index (χ0v) is 11.6. The minimum Gasteiger partial charge on any atom is -0.370 e. The van der Waals surface area contributed by atoms with Gasteiger partial charge in [0.2, 0.25) is 11.9 Å². The molecule has 0 bridgehead atoms. The number of hydrogen-bond acceptors (Lipinski definition) is 6. The first-order chi connectivity index (χ1) is 9.06. The Labute approximate surface area is 115 Å². The average molecular weight is 279 g/mol. The molecule has 0 fully saturated rings. The lowest BCUT2D eigenvalue weighted by Crippen LogP contribution is -2.11. The maximum Gasteiger partial charge on any atom is 0.223 e. The van der Waals surface area contributed by atoms with E-state index >= 15 is 0 Å². The summed E-state index contributed by atoms with van der Waals surface area (Å²) in [6.45, 7) is 2.76. The van der Waals surface area contributed by atoms with E-state index in [9.17, 15) is 4.79 Å². The molecule has 0 aliphatic rings. The number of anilines is 2. The van der Waals surface area contributed by atoms with Crippen molar-refractivity contribution in [1.29, 1.82) is 0 Å². The van der Waals surface area contributed by atoms with Crippen LogP contribution in [-0.4, -0.2) is 22.4 Å². The Morgan fingerprint density at radius 3 is 2.95 bits per heavy atom. The summed E-state index contributed by atoms with van der Waals surface area (Å²) >= 11 is 1.60. The van der Waals surface area contributed by atoms with Crippen LogP contribution in [0.3, 0.4) is 0 Å². The number of hydrogen-bond donors (Lipinski definition) is 3. The van der Waals surface area contributed by atoms with Crippen molar-refractivity contribution < 1.29 is 4.79 Å². The van der Waals surface area contributed by atoms with E-state index in [1.165, 1.54) is 4.88 Å². The van der Waals surface area contributed by atoms with E-state index in [1.54, 1.807) is 11.3 Å². The van der Waals surface area contributed by atoms with Crippen LogP contribution in [0.5, 0.6) is 0 Å². The van der Waals surface area contributed by atoms with Gasteiger partial charge in [-0.2, -0.15) is 4.98 Å². The van der Waals surface area contributed by atoms with Gasteiger partial charge in [-0.15, -0.1) is 11.3 Å². The molecule has 19 heavy (non-hydrogen) atoms. The molecule has 0 aromatic carbocycles. The molecule has 2 aromatic heterocycles. The fraction of sp³-hybridized carbons (Fsp3) is 0.417. The summed E-state index contributed by atoms with van der Waals surface area (Å²) in [6, 6.07) is 2.05. The molecule has 102 valence electrons. The number of primary amides is 1. The van der Waals surface area contributed by atoms with Gasteiger partial charge in [-0.25, -0.2) is 4.98 Å². The van der Waals surface area contributed by atoms with E-state index in [0.717, 1.165) is 35.4 Å². The highest BCUT2D eigenvalue weighted by molar-refractivity contribution is 7.18. The molecule has 7 heteroatoms. The molecule has 0 spiro atoms. The molecule has 0 saturated carbocycles. The van der Waals surface area contributed by atoms with Crippen molar-refractivity contribution in [3.63, 3.8) is 0 Å². The minimum atomic E-state index is -0.262. The lowest BCUT2D eigenvalue weighted by atomic mass is 10.2. The van der Waals surface area contributed by atoms with Gasteiger partial charge in [0.15, 0.2) is 0 Å². The molecule has 0 aliphatic carbocycles. The zero-order valence-electron chi connectivity index (χ0n) is 10.8. The van der Waals surface area contributed by atoms with Crippen LogP contribution in [-0.2, 0) is 4.79 Å². The van der Waals surface area contributed by atoms with Gasteiger partial charge in [0.1, 0.15) is 10.6 Å². The van der Waals surface area contributed by atoms with E-state index in [2.05, 4.69) is 15.3 Å². The van der Waals surface area contributed by atoms with Crippen LogP contribution in [0.4, 0.5) is 11.8 Å². The monoisotopic (exact) mass is 279 g/mol. The van der Waals surface area contributed by atoms with Crippen LogP contribution >= 0.6 is 11.3 Å². The lowest BCUT2D eigenvalue weighted by Gasteiger charge is -2.06. The van der Waals surface area contributed by atoms with Gasteiger partial charge in [0, 0.05) is 17.8 Å². The summed E-state index contributed by atoms with van der Waals surface area (Å²) in [6.07, 6.45) is 2.05. The Morgan fingerprint density at radius 2 is 2.21 bits per heavy atom. The van der Waals surface area contributed by atoms with Crippen LogP contribution in [0.25, 0.3) is 10.2 Å². The number of thiophene rings is 1. The fourth-order valence-electron chi connectivity index (χ4n) is 1.82. The standard InChI is InChI=1S/C12H17N5OS/c1-7-6-8-10(15-5-3-2-4-9(13)18)16-12(14)17-11(8)19-7/h6H,2-5H2,1H3,(H2,13,18)(H3,14,15,16,17). The van der Waals surface area contributed by atoms with E-state index < -0.39 is 0 Å². The van der Waals surface area contributed by atoms with Crippen molar-refractivity contribution in [3.8, 4) is 0 Å². The summed E-state index contributed by atoms with van der Waals surface area (Å²) in [5.41, 5.74) is 10.8. The summed E-state index contributed by atoms with van der Waals surface area (Å²) in [4.78, 5) is 21.1. The predicted octanol–water partition coefficient (Wildman–Crippen LogP) is 1.65. The third kappa shape index (κ3) is 3.54. The first kappa shape index (κ1) is 13.5. The molecule has 0 atom stereocenters. The van der Waals surface area contributed by atoms with Gasteiger partial charge < -0.3 is 16.8 Å². The van der Waals surface area contributed by atoms with E-state index in [1.807, 2.05) is 13.0 Å². The molecule has 0 saturated heterocycles. The number of carbonyl (C=O) groups excluding carboxylic acids is 1. The summed E-state index contributed by atoms with van der Waals surface area (Å²) in [5, 5.41) is 4.23. The Bertz CT molecular complexity index is 595. The number of nitrogens with one attached hydrogen (secondary N) is 1. The molecule has 5 N–H and O–H groups in total. The Hall–Kier alpha value is -1.89. The van der Waals surface area contributed by atoms with Crippen molar-refractivity contribution in [2.75, 3.05) is 17.6 Å².